The number of anilines is 1. The molecule has 9 nitrogen and oxygen atoms in total. The topological polar surface area (TPSA) is 90.4 Å². The highest BCUT2D eigenvalue weighted by atomic mass is 32.2. The Labute approximate surface area is 209 Å². The fraction of sp³-hybridized carbons (Fsp3) is 0.375. The first-order valence-electron chi connectivity index (χ1n) is 11.0. The lowest BCUT2D eigenvalue weighted by atomic mass is 10.1. The molecule has 0 aliphatic carbocycles. The number of sulfonamides is 1. The molecule has 0 unspecified atom stereocenters. The second kappa shape index (κ2) is 10.7. The molecular formula is C24H29N3O6S2. The summed E-state index contributed by atoms with van der Waals surface area (Å²) in [4.78, 5) is 7.11. The normalized spacial score (nSPS) is 14.6. The predicted molar refractivity (Wildman–Crippen MR) is 135 cm³/mol. The number of methoxy groups -OCH3 is 4. The van der Waals surface area contributed by atoms with Gasteiger partial charge in [0.15, 0.2) is 28.1 Å². The number of benzene rings is 2. The Morgan fingerprint density at radius 2 is 1.43 bits per heavy atom. The first-order chi connectivity index (χ1) is 16.9. The van der Waals surface area contributed by atoms with E-state index in [-0.39, 0.29) is 4.90 Å². The van der Waals surface area contributed by atoms with Gasteiger partial charge in [0.05, 0.1) is 39.0 Å². The number of hydrogen-bond donors (Lipinski definition) is 0. The number of hydrogen-bond acceptors (Lipinski definition) is 9. The average molecular weight is 520 g/mol. The van der Waals surface area contributed by atoms with E-state index in [2.05, 4.69) is 4.90 Å². The molecule has 0 spiro atoms. The predicted octanol–water partition coefficient (Wildman–Crippen LogP) is 3.28. The largest absolute Gasteiger partial charge is 0.493 e. The van der Waals surface area contributed by atoms with Gasteiger partial charge in [0.2, 0.25) is 10.0 Å². The Morgan fingerprint density at radius 1 is 0.829 bits per heavy atom. The fourth-order valence-electron chi connectivity index (χ4n) is 3.97. The van der Waals surface area contributed by atoms with Crippen molar-refractivity contribution in [2.24, 2.45) is 0 Å². The van der Waals surface area contributed by atoms with Crippen LogP contribution < -0.4 is 23.8 Å². The molecule has 3 aromatic rings. The van der Waals surface area contributed by atoms with Crippen LogP contribution in [0.3, 0.4) is 0 Å². The molecular weight excluding hydrogens is 490 g/mol. The molecule has 0 saturated carbocycles. The molecule has 0 atom stereocenters. The molecule has 0 bridgehead atoms. The van der Waals surface area contributed by atoms with Gasteiger partial charge in [0.25, 0.3) is 0 Å². The van der Waals surface area contributed by atoms with Crippen LogP contribution >= 0.6 is 11.3 Å². The fourth-order valence-corrected chi connectivity index (χ4v) is 6.29. The van der Waals surface area contributed by atoms with Gasteiger partial charge in [-0.25, -0.2) is 13.4 Å². The van der Waals surface area contributed by atoms with Gasteiger partial charge >= 0.3 is 0 Å². The quantitative estimate of drug-likeness (QED) is 0.426. The zero-order valence-corrected chi connectivity index (χ0v) is 21.8. The number of ether oxygens (including phenoxy) is 4. The van der Waals surface area contributed by atoms with E-state index in [1.165, 1.54) is 24.6 Å². The lowest BCUT2D eigenvalue weighted by Crippen LogP contribution is -2.48. The van der Waals surface area contributed by atoms with Gasteiger partial charge in [-0.2, -0.15) is 4.31 Å². The van der Waals surface area contributed by atoms with Crippen molar-refractivity contribution in [2.45, 2.75) is 11.3 Å². The van der Waals surface area contributed by atoms with E-state index < -0.39 is 10.0 Å². The number of thiazole rings is 1. The molecule has 2 aromatic carbocycles. The summed E-state index contributed by atoms with van der Waals surface area (Å²) in [5.41, 5.74) is 2.03. The second-order valence-corrected chi connectivity index (χ2v) is 10.7. The zero-order valence-electron chi connectivity index (χ0n) is 20.2. The highest BCUT2D eigenvalue weighted by Gasteiger charge is 2.30. The van der Waals surface area contributed by atoms with Crippen molar-refractivity contribution >= 4 is 26.5 Å². The molecule has 1 aliphatic rings. The van der Waals surface area contributed by atoms with Crippen LogP contribution in [0, 0.1) is 0 Å². The lowest BCUT2D eigenvalue weighted by Gasteiger charge is -2.33. The Morgan fingerprint density at radius 3 is 2.06 bits per heavy atom. The summed E-state index contributed by atoms with van der Waals surface area (Å²) >= 11 is 1.57. The van der Waals surface area contributed by atoms with Crippen LogP contribution in [0.4, 0.5) is 5.13 Å². The molecule has 1 saturated heterocycles. The van der Waals surface area contributed by atoms with Crippen molar-refractivity contribution in [3.05, 3.63) is 53.0 Å². The van der Waals surface area contributed by atoms with Crippen LogP contribution in [0.1, 0.15) is 11.3 Å². The molecule has 1 aliphatic heterocycles. The SMILES string of the molecule is COc1ccc(Cc2csc(N3CCN(S(=O)(=O)c4ccc(OC)c(OC)c4)CC3)n2)cc1OC. The molecule has 1 aromatic heterocycles. The van der Waals surface area contributed by atoms with Gasteiger partial charge in [-0.05, 0) is 29.8 Å². The molecule has 0 radical (unpaired) electrons. The van der Waals surface area contributed by atoms with Gasteiger partial charge in [-0.3, -0.25) is 0 Å². The van der Waals surface area contributed by atoms with E-state index in [0.717, 1.165) is 16.4 Å². The van der Waals surface area contributed by atoms with Crippen LogP contribution in [-0.4, -0.2) is 72.3 Å². The minimum Gasteiger partial charge on any atom is -0.493 e. The third-order valence-electron chi connectivity index (χ3n) is 5.87. The van der Waals surface area contributed by atoms with Crippen LogP contribution in [0.25, 0.3) is 0 Å². The highest BCUT2D eigenvalue weighted by molar-refractivity contribution is 7.89. The molecule has 0 amide bonds. The van der Waals surface area contributed by atoms with Gasteiger partial charge in [-0.15, -0.1) is 11.3 Å². The molecule has 2 heterocycles. The minimum absolute atomic E-state index is 0.190. The Kier molecular flexibility index (Phi) is 7.68. The van der Waals surface area contributed by atoms with E-state index >= 15 is 0 Å². The molecule has 35 heavy (non-hydrogen) atoms. The molecule has 188 valence electrons. The molecule has 0 N–H and O–H groups in total. The van der Waals surface area contributed by atoms with Crippen molar-refractivity contribution in [3.8, 4) is 23.0 Å². The summed E-state index contributed by atoms with van der Waals surface area (Å²) in [7, 11) is 2.60. The van der Waals surface area contributed by atoms with Gasteiger partial charge in [0.1, 0.15) is 0 Å². The Hall–Kier alpha value is -3.02. The standard InChI is InChI=1S/C24H29N3O6S2/c1-30-20-7-5-17(14-22(20)32-3)13-18-16-34-24(25-18)26-9-11-27(12-10-26)35(28,29)19-6-8-21(31-2)23(15-19)33-4/h5-8,14-16H,9-13H2,1-4H3. The maximum atomic E-state index is 13.2. The first kappa shape index (κ1) is 25.1. The van der Waals surface area contributed by atoms with E-state index in [9.17, 15) is 8.42 Å². The van der Waals surface area contributed by atoms with E-state index in [0.29, 0.717) is 55.6 Å². The van der Waals surface area contributed by atoms with Gasteiger partial charge in [-0.1, -0.05) is 6.07 Å². The lowest BCUT2D eigenvalue weighted by molar-refractivity contribution is 0.353. The number of aromatic nitrogens is 1. The summed E-state index contributed by atoms with van der Waals surface area (Å²) in [6, 6.07) is 10.5. The Bertz CT molecular complexity index is 1270. The van der Waals surface area contributed by atoms with Gasteiger partial charge in [0, 0.05) is 44.0 Å². The number of piperazine rings is 1. The summed E-state index contributed by atoms with van der Waals surface area (Å²) < 4.78 is 49.0. The third kappa shape index (κ3) is 5.31. The number of nitrogens with zero attached hydrogens (tertiary/aromatic N) is 3. The molecule has 1 fully saturated rings. The smallest absolute Gasteiger partial charge is 0.243 e. The van der Waals surface area contributed by atoms with Crippen LogP contribution in [0.2, 0.25) is 0 Å². The van der Waals surface area contributed by atoms with Crippen molar-refractivity contribution < 1.29 is 27.4 Å². The summed E-state index contributed by atoms with van der Waals surface area (Å²) in [5, 5.41) is 2.93. The molecule has 11 heteroatoms. The van der Waals surface area contributed by atoms with Crippen molar-refractivity contribution in [1.29, 1.82) is 0 Å². The van der Waals surface area contributed by atoms with Crippen molar-refractivity contribution in [2.75, 3.05) is 59.5 Å². The number of rotatable bonds is 9. The minimum atomic E-state index is -3.64. The summed E-state index contributed by atoms with van der Waals surface area (Å²) in [6.07, 6.45) is 0.671. The van der Waals surface area contributed by atoms with Crippen LogP contribution in [-0.2, 0) is 16.4 Å². The van der Waals surface area contributed by atoms with Crippen molar-refractivity contribution in [3.63, 3.8) is 0 Å². The van der Waals surface area contributed by atoms with Crippen LogP contribution in [0.15, 0.2) is 46.7 Å². The maximum Gasteiger partial charge on any atom is 0.243 e. The maximum absolute atomic E-state index is 13.2. The van der Waals surface area contributed by atoms with Crippen molar-refractivity contribution in [1.82, 2.24) is 9.29 Å². The molecule has 4 rings (SSSR count). The summed E-state index contributed by atoms with van der Waals surface area (Å²) in [5.74, 6) is 2.25. The van der Waals surface area contributed by atoms with E-state index in [1.807, 2.05) is 23.6 Å². The average Bonchev–Trinajstić information content (AvgIpc) is 3.36. The Balaban J connectivity index is 1.40. The van der Waals surface area contributed by atoms with E-state index in [1.54, 1.807) is 37.7 Å². The first-order valence-corrected chi connectivity index (χ1v) is 13.3. The monoisotopic (exact) mass is 519 g/mol. The third-order valence-corrected chi connectivity index (χ3v) is 8.72. The van der Waals surface area contributed by atoms with E-state index in [4.69, 9.17) is 23.9 Å². The summed E-state index contributed by atoms with van der Waals surface area (Å²) in [6.45, 7) is 1.88. The highest BCUT2D eigenvalue weighted by Crippen LogP contribution is 2.32. The van der Waals surface area contributed by atoms with Gasteiger partial charge < -0.3 is 23.8 Å². The zero-order chi connectivity index (χ0) is 25.0. The second-order valence-electron chi connectivity index (χ2n) is 7.90. The van der Waals surface area contributed by atoms with Crippen LogP contribution in [0.5, 0.6) is 23.0 Å².